The van der Waals surface area contributed by atoms with Crippen LogP contribution in [0.25, 0.3) is 0 Å². The molecule has 0 aliphatic carbocycles. The second-order valence-electron chi connectivity index (χ2n) is 4.02. The van der Waals surface area contributed by atoms with Crippen LogP contribution in [-0.2, 0) is 6.54 Å². The molecule has 0 spiro atoms. The summed E-state index contributed by atoms with van der Waals surface area (Å²) in [5.41, 5.74) is 1.12. The van der Waals surface area contributed by atoms with Gasteiger partial charge in [0.1, 0.15) is 0 Å². The summed E-state index contributed by atoms with van der Waals surface area (Å²) >= 11 is 1.97. The van der Waals surface area contributed by atoms with Crippen molar-refractivity contribution in [2.75, 3.05) is 12.8 Å². The summed E-state index contributed by atoms with van der Waals surface area (Å²) < 4.78 is 0.384. The Morgan fingerprint density at radius 3 is 2.56 bits per heavy atom. The molecule has 3 heteroatoms. The van der Waals surface area contributed by atoms with E-state index in [1.54, 1.807) is 0 Å². The van der Waals surface area contributed by atoms with Crippen LogP contribution in [0.2, 0.25) is 0 Å². The zero-order valence-electron chi connectivity index (χ0n) is 10.5. The highest BCUT2D eigenvalue weighted by Gasteiger charge is 2.23. The van der Waals surface area contributed by atoms with E-state index in [1.807, 2.05) is 30.1 Å². The van der Waals surface area contributed by atoms with Crippen LogP contribution in [0, 0.1) is 0 Å². The predicted molar refractivity (Wildman–Crippen MR) is 72.8 cm³/mol. The van der Waals surface area contributed by atoms with Gasteiger partial charge in [-0.25, -0.2) is 0 Å². The minimum atomic E-state index is 0.384. The third kappa shape index (κ3) is 3.80. The monoisotopic (exact) mass is 238 g/mol. The Kier molecular flexibility index (Phi) is 5.85. The molecule has 0 saturated heterocycles. The smallest absolute Gasteiger partial charge is 0.0541 e. The maximum absolute atomic E-state index is 4.31. The fraction of sp³-hybridized carbons (Fsp3) is 0.615. The number of pyridine rings is 1. The van der Waals surface area contributed by atoms with E-state index in [1.165, 1.54) is 12.8 Å². The number of thioether (sulfide) groups is 1. The van der Waals surface area contributed by atoms with Gasteiger partial charge >= 0.3 is 0 Å². The van der Waals surface area contributed by atoms with Crippen molar-refractivity contribution >= 4 is 11.8 Å². The maximum Gasteiger partial charge on any atom is 0.0541 e. The highest BCUT2D eigenvalue weighted by atomic mass is 32.2. The van der Waals surface area contributed by atoms with Gasteiger partial charge in [0.15, 0.2) is 0 Å². The van der Waals surface area contributed by atoms with Gasteiger partial charge in [-0.3, -0.25) is 4.98 Å². The van der Waals surface area contributed by atoms with Gasteiger partial charge in [-0.05, 0) is 31.2 Å². The Labute approximate surface area is 103 Å². The molecular formula is C13H22N2S. The molecule has 0 fully saturated rings. The second-order valence-corrected chi connectivity index (χ2v) is 5.29. The third-order valence-electron chi connectivity index (χ3n) is 3.20. The van der Waals surface area contributed by atoms with Crippen LogP contribution in [0.3, 0.4) is 0 Å². The van der Waals surface area contributed by atoms with Gasteiger partial charge < -0.3 is 5.32 Å². The molecule has 0 aromatic carbocycles. The van der Waals surface area contributed by atoms with Crippen LogP contribution >= 0.6 is 11.8 Å². The van der Waals surface area contributed by atoms with Crippen molar-refractivity contribution in [1.29, 1.82) is 0 Å². The van der Waals surface area contributed by atoms with Crippen molar-refractivity contribution in [2.45, 2.75) is 38.0 Å². The van der Waals surface area contributed by atoms with Gasteiger partial charge in [0.2, 0.25) is 0 Å². The fourth-order valence-corrected chi connectivity index (χ4v) is 2.61. The molecule has 1 aromatic rings. The van der Waals surface area contributed by atoms with Crippen LogP contribution < -0.4 is 5.32 Å². The highest BCUT2D eigenvalue weighted by Crippen LogP contribution is 2.29. The zero-order chi connectivity index (χ0) is 11.9. The lowest BCUT2D eigenvalue weighted by atomic mass is 10.0. The van der Waals surface area contributed by atoms with Gasteiger partial charge in [0.25, 0.3) is 0 Å². The summed E-state index contributed by atoms with van der Waals surface area (Å²) in [4.78, 5) is 4.31. The summed E-state index contributed by atoms with van der Waals surface area (Å²) in [6, 6.07) is 6.05. The van der Waals surface area contributed by atoms with E-state index >= 15 is 0 Å². The molecule has 0 atom stereocenters. The van der Waals surface area contributed by atoms with Gasteiger partial charge in [-0.2, -0.15) is 11.8 Å². The van der Waals surface area contributed by atoms with E-state index in [2.05, 4.69) is 36.5 Å². The molecular weight excluding hydrogens is 216 g/mol. The Hall–Kier alpha value is -0.540. The first-order valence-electron chi connectivity index (χ1n) is 5.92. The Bertz CT molecular complexity index is 275. The minimum absolute atomic E-state index is 0.384. The first-order chi connectivity index (χ1) is 7.76. The first-order valence-corrected chi connectivity index (χ1v) is 7.14. The normalized spacial score (nSPS) is 11.7. The van der Waals surface area contributed by atoms with Crippen molar-refractivity contribution in [3.63, 3.8) is 0 Å². The summed E-state index contributed by atoms with van der Waals surface area (Å²) in [6.45, 7) is 6.45. The van der Waals surface area contributed by atoms with Gasteiger partial charge in [-0.15, -0.1) is 0 Å². The van der Waals surface area contributed by atoms with E-state index in [9.17, 15) is 0 Å². The molecule has 0 aliphatic heterocycles. The molecule has 0 saturated carbocycles. The number of rotatable bonds is 7. The predicted octanol–water partition coefficient (Wildman–Crippen LogP) is 3.09. The summed E-state index contributed by atoms with van der Waals surface area (Å²) in [5.74, 6) is 0. The van der Waals surface area contributed by atoms with Crippen LogP contribution in [-0.4, -0.2) is 22.5 Å². The molecule has 0 aliphatic rings. The lowest BCUT2D eigenvalue weighted by Gasteiger charge is -2.29. The molecule has 2 nitrogen and oxygen atoms in total. The van der Waals surface area contributed by atoms with E-state index in [-0.39, 0.29) is 0 Å². The minimum Gasteiger partial charge on any atom is -0.310 e. The van der Waals surface area contributed by atoms with E-state index in [0.29, 0.717) is 4.75 Å². The van der Waals surface area contributed by atoms with Crippen molar-refractivity contribution in [3.8, 4) is 0 Å². The first kappa shape index (κ1) is 13.5. The van der Waals surface area contributed by atoms with Crippen molar-refractivity contribution in [2.24, 2.45) is 0 Å². The number of nitrogens with zero attached hydrogens (tertiary/aromatic N) is 1. The topological polar surface area (TPSA) is 24.9 Å². The number of aromatic nitrogens is 1. The van der Waals surface area contributed by atoms with Crippen LogP contribution in [0.15, 0.2) is 24.4 Å². The fourth-order valence-electron chi connectivity index (χ4n) is 1.78. The van der Waals surface area contributed by atoms with E-state index in [4.69, 9.17) is 0 Å². The van der Waals surface area contributed by atoms with Crippen molar-refractivity contribution < 1.29 is 0 Å². The van der Waals surface area contributed by atoms with Crippen LogP contribution in [0.5, 0.6) is 0 Å². The van der Waals surface area contributed by atoms with Crippen LogP contribution in [0.4, 0.5) is 0 Å². The quantitative estimate of drug-likeness (QED) is 0.790. The van der Waals surface area contributed by atoms with Gasteiger partial charge in [0, 0.05) is 24.0 Å². The van der Waals surface area contributed by atoms with Gasteiger partial charge in [0.05, 0.1) is 5.69 Å². The highest BCUT2D eigenvalue weighted by molar-refractivity contribution is 8.00. The summed E-state index contributed by atoms with van der Waals surface area (Å²) in [6.07, 6.45) is 6.47. The number of hydrogen-bond donors (Lipinski definition) is 1. The molecule has 1 rings (SSSR count). The standard InChI is InChI=1S/C13H22N2S/c1-4-13(5-2,16-3)11-14-10-12-8-6-7-9-15-12/h6-9,14H,4-5,10-11H2,1-3H3. The Morgan fingerprint density at radius 2 is 2.06 bits per heavy atom. The zero-order valence-corrected chi connectivity index (χ0v) is 11.3. The average Bonchev–Trinajstić information content (AvgIpc) is 2.37. The molecule has 1 heterocycles. The van der Waals surface area contributed by atoms with Crippen LogP contribution in [0.1, 0.15) is 32.4 Å². The summed E-state index contributed by atoms with van der Waals surface area (Å²) in [5, 5.41) is 3.51. The Balaban J connectivity index is 2.39. The summed E-state index contributed by atoms with van der Waals surface area (Å²) in [7, 11) is 0. The number of hydrogen-bond acceptors (Lipinski definition) is 3. The molecule has 1 N–H and O–H groups in total. The molecule has 1 aromatic heterocycles. The molecule has 0 radical (unpaired) electrons. The lowest BCUT2D eigenvalue weighted by Crippen LogP contribution is -2.36. The molecule has 16 heavy (non-hydrogen) atoms. The van der Waals surface area contributed by atoms with Gasteiger partial charge in [-0.1, -0.05) is 19.9 Å². The van der Waals surface area contributed by atoms with E-state index < -0.39 is 0 Å². The van der Waals surface area contributed by atoms with E-state index in [0.717, 1.165) is 18.8 Å². The SMILES string of the molecule is CCC(CC)(CNCc1ccccn1)SC. The third-order valence-corrected chi connectivity index (χ3v) is 4.79. The largest absolute Gasteiger partial charge is 0.310 e. The lowest BCUT2D eigenvalue weighted by molar-refractivity contribution is 0.493. The molecule has 0 bridgehead atoms. The average molecular weight is 238 g/mol. The van der Waals surface area contributed by atoms with Crippen molar-refractivity contribution in [3.05, 3.63) is 30.1 Å². The maximum atomic E-state index is 4.31. The molecule has 0 unspecified atom stereocenters. The van der Waals surface area contributed by atoms with Crippen molar-refractivity contribution in [1.82, 2.24) is 10.3 Å². The number of nitrogens with one attached hydrogen (secondary N) is 1. The molecule has 90 valence electrons. The Morgan fingerprint density at radius 1 is 1.31 bits per heavy atom. The molecule has 0 amide bonds. The second kappa shape index (κ2) is 6.92.